The summed E-state index contributed by atoms with van der Waals surface area (Å²) < 4.78 is 22.8. The average Bonchev–Trinajstić information content (AvgIpc) is 2.33. The van der Waals surface area contributed by atoms with E-state index in [9.17, 15) is 8.42 Å². The highest BCUT2D eigenvalue weighted by atomic mass is 32.2. The van der Waals surface area contributed by atoms with E-state index in [-0.39, 0.29) is 0 Å². The summed E-state index contributed by atoms with van der Waals surface area (Å²) in [6.07, 6.45) is 7.76. The van der Waals surface area contributed by atoms with Crippen LogP contribution in [0.2, 0.25) is 0 Å². The maximum atomic E-state index is 11.4. The van der Waals surface area contributed by atoms with Gasteiger partial charge < -0.3 is 5.32 Å². The van der Waals surface area contributed by atoms with Crippen LogP contribution >= 0.6 is 0 Å². The van der Waals surface area contributed by atoms with E-state index < -0.39 is 9.84 Å². The van der Waals surface area contributed by atoms with Crippen molar-refractivity contribution in [1.82, 2.24) is 5.32 Å². The van der Waals surface area contributed by atoms with E-state index in [4.69, 9.17) is 0 Å². The summed E-state index contributed by atoms with van der Waals surface area (Å²) in [6.45, 7) is 3.06. The second kappa shape index (κ2) is 6.72. The third-order valence-corrected chi connectivity index (χ3v) is 5.37. The van der Waals surface area contributed by atoms with Crippen LogP contribution in [-0.4, -0.2) is 20.7 Å². The lowest BCUT2D eigenvalue weighted by molar-refractivity contribution is 0.217. The van der Waals surface area contributed by atoms with Crippen molar-refractivity contribution in [2.24, 2.45) is 5.92 Å². The summed E-state index contributed by atoms with van der Waals surface area (Å²) in [5.41, 5.74) is 1.15. The standard InChI is InChI=1S/C16H25NO2S/c1-3-5-16(14-6-4-7-14)17-12-13-8-10-15(11-9-13)20(2,18)19/h8-11,14,16-17H,3-7,12H2,1-2H3. The molecule has 0 bridgehead atoms. The molecule has 0 radical (unpaired) electrons. The molecule has 1 aromatic rings. The molecule has 0 amide bonds. The predicted octanol–water partition coefficient (Wildman–Crippen LogP) is 3.15. The third-order valence-electron chi connectivity index (χ3n) is 4.24. The summed E-state index contributed by atoms with van der Waals surface area (Å²) in [6, 6.07) is 7.83. The van der Waals surface area contributed by atoms with Gasteiger partial charge in [0.25, 0.3) is 0 Å². The second-order valence-electron chi connectivity index (χ2n) is 5.88. The van der Waals surface area contributed by atoms with E-state index in [1.54, 1.807) is 12.1 Å². The molecule has 1 N–H and O–H groups in total. The molecule has 0 aromatic heterocycles. The lowest BCUT2D eigenvalue weighted by Crippen LogP contribution is -2.39. The van der Waals surface area contributed by atoms with Crippen LogP contribution in [0.1, 0.15) is 44.6 Å². The molecule has 3 nitrogen and oxygen atoms in total. The maximum absolute atomic E-state index is 11.4. The molecule has 20 heavy (non-hydrogen) atoms. The third kappa shape index (κ3) is 4.06. The summed E-state index contributed by atoms with van der Waals surface area (Å²) in [5, 5.41) is 3.65. The molecule has 0 spiro atoms. The molecule has 1 saturated carbocycles. The van der Waals surface area contributed by atoms with Crippen LogP contribution in [0.15, 0.2) is 29.2 Å². The van der Waals surface area contributed by atoms with Crippen LogP contribution < -0.4 is 5.32 Å². The fourth-order valence-electron chi connectivity index (χ4n) is 2.76. The summed E-state index contributed by atoms with van der Waals surface area (Å²) in [4.78, 5) is 0.394. The Labute approximate surface area is 122 Å². The van der Waals surface area contributed by atoms with Crippen molar-refractivity contribution in [3.05, 3.63) is 29.8 Å². The maximum Gasteiger partial charge on any atom is 0.175 e. The number of nitrogens with one attached hydrogen (secondary N) is 1. The zero-order valence-corrected chi connectivity index (χ0v) is 13.2. The van der Waals surface area contributed by atoms with Gasteiger partial charge in [-0.1, -0.05) is 31.9 Å². The first kappa shape index (κ1) is 15.5. The fourth-order valence-corrected chi connectivity index (χ4v) is 3.39. The van der Waals surface area contributed by atoms with Crippen molar-refractivity contribution < 1.29 is 8.42 Å². The molecule has 1 aliphatic carbocycles. The number of hydrogen-bond acceptors (Lipinski definition) is 3. The van der Waals surface area contributed by atoms with Gasteiger partial charge in [-0.3, -0.25) is 0 Å². The van der Waals surface area contributed by atoms with Gasteiger partial charge in [-0.15, -0.1) is 0 Å². The minimum Gasteiger partial charge on any atom is -0.310 e. The Kier molecular flexibility index (Phi) is 5.22. The van der Waals surface area contributed by atoms with E-state index >= 15 is 0 Å². The summed E-state index contributed by atoms with van der Waals surface area (Å²) >= 11 is 0. The van der Waals surface area contributed by atoms with Gasteiger partial charge >= 0.3 is 0 Å². The first-order valence-corrected chi connectivity index (χ1v) is 9.42. The van der Waals surface area contributed by atoms with E-state index in [0.717, 1.165) is 18.0 Å². The van der Waals surface area contributed by atoms with E-state index in [2.05, 4.69) is 12.2 Å². The van der Waals surface area contributed by atoms with Crippen LogP contribution in [-0.2, 0) is 16.4 Å². The highest BCUT2D eigenvalue weighted by molar-refractivity contribution is 7.90. The zero-order valence-electron chi connectivity index (χ0n) is 12.4. The zero-order chi connectivity index (χ0) is 14.6. The first-order valence-electron chi connectivity index (χ1n) is 7.53. The minimum absolute atomic E-state index is 0.394. The van der Waals surface area contributed by atoms with Crippen LogP contribution in [0, 0.1) is 5.92 Å². The molecule has 2 rings (SSSR count). The van der Waals surface area contributed by atoms with E-state index in [0.29, 0.717) is 10.9 Å². The SMILES string of the molecule is CCCC(NCc1ccc(S(C)(=O)=O)cc1)C1CCC1. The topological polar surface area (TPSA) is 46.2 Å². The molecule has 0 saturated heterocycles. The van der Waals surface area contributed by atoms with Crippen LogP contribution in [0.25, 0.3) is 0 Å². The van der Waals surface area contributed by atoms with Crippen molar-refractivity contribution in [1.29, 1.82) is 0 Å². The van der Waals surface area contributed by atoms with Gasteiger partial charge in [0.1, 0.15) is 0 Å². The Balaban J connectivity index is 1.92. The Morgan fingerprint density at radius 3 is 2.35 bits per heavy atom. The fraction of sp³-hybridized carbons (Fsp3) is 0.625. The monoisotopic (exact) mass is 295 g/mol. The smallest absolute Gasteiger partial charge is 0.175 e. The molecule has 0 aliphatic heterocycles. The van der Waals surface area contributed by atoms with Crippen LogP contribution in [0.4, 0.5) is 0 Å². The van der Waals surface area contributed by atoms with Crippen LogP contribution in [0.3, 0.4) is 0 Å². The normalized spacial score (nSPS) is 17.7. The lowest BCUT2D eigenvalue weighted by Gasteiger charge is -2.34. The minimum atomic E-state index is -3.09. The summed E-state index contributed by atoms with van der Waals surface area (Å²) in [5.74, 6) is 0.838. The molecule has 112 valence electrons. The molecule has 1 fully saturated rings. The largest absolute Gasteiger partial charge is 0.310 e. The molecule has 0 heterocycles. The second-order valence-corrected chi connectivity index (χ2v) is 7.90. The summed E-state index contributed by atoms with van der Waals surface area (Å²) in [7, 11) is -3.09. The highest BCUT2D eigenvalue weighted by Crippen LogP contribution is 2.31. The molecular weight excluding hydrogens is 270 g/mol. The number of benzene rings is 1. The van der Waals surface area contributed by atoms with Crippen molar-refractivity contribution in [2.75, 3.05) is 6.26 Å². The quantitative estimate of drug-likeness (QED) is 0.840. The highest BCUT2D eigenvalue weighted by Gasteiger charge is 2.25. The van der Waals surface area contributed by atoms with Gasteiger partial charge in [0.15, 0.2) is 9.84 Å². The number of rotatable bonds is 7. The van der Waals surface area contributed by atoms with Crippen molar-refractivity contribution in [2.45, 2.75) is 56.5 Å². The van der Waals surface area contributed by atoms with Gasteiger partial charge in [0.05, 0.1) is 4.90 Å². The number of hydrogen-bond donors (Lipinski definition) is 1. The van der Waals surface area contributed by atoms with Crippen LogP contribution in [0.5, 0.6) is 0 Å². The Bertz CT molecular complexity index is 518. The molecule has 1 aliphatic rings. The van der Waals surface area contributed by atoms with E-state index in [1.165, 1.54) is 38.4 Å². The number of sulfone groups is 1. The molecule has 1 atom stereocenters. The average molecular weight is 295 g/mol. The van der Waals surface area contributed by atoms with Crippen molar-refractivity contribution in [3.8, 4) is 0 Å². The Morgan fingerprint density at radius 2 is 1.90 bits per heavy atom. The lowest BCUT2D eigenvalue weighted by atomic mass is 9.78. The van der Waals surface area contributed by atoms with Gasteiger partial charge in [0.2, 0.25) is 0 Å². The molecule has 1 aromatic carbocycles. The van der Waals surface area contributed by atoms with Gasteiger partial charge in [-0.25, -0.2) is 8.42 Å². The van der Waals surface area contributed by atoms with E-state index in [1.807, 2.05) is 12.1 Å². The van der Waals surface area contributed by atoms with Gasteiger partial charge in [0, 0.05) is 18.8 Å². The Hall–Kier alpha value is -0.870. The first-order chi connectivity index (χ1) is 9.50. The molecule has 4 heteroatoms. The predicted molar refractivity (Wildman–Crippen MR) is 82.4 cm³/mol. The molecule has 1 unspecified atom stereocenters. The van der Waals surface area contributed by atoms with Gasteiger partial charge in [-0.05, 0) is 42.9 Å². The van der Waals surface area contributed by atoms with Crippen molar-refractivity contribution >= 4 is 9.84 Å². The Morgan fingerprint density at radius 1 is 1.25 bits per heavy atom. The molecular formula is C16H25NO2S. The van der Waals surface area contributed by atoms with Gasteiger partial charge in [-0.2, -0.15) is 0 Å². The van der Waals surface area contributed by atoms with Crippen molar-refractivity contribution in [3.63, 3.8) is 0 Å².